The lowest BCUT2D eigenvalue weighted by atomic mass is 9.88. The lowest BCUT2D eigenvalue weighted by Crippen LogP contribution is -2.33. The number of fused-ring (bicyclic) bond motifs is 2. The minimum atomic E-state index is -0.222. The Bertz CT molecular complexity index is 264. The van der Waals surface area contributed by atoms with Crippen LogP contribution < -0.4 is 0 Å². The van der Waals surface area contributed by atoms with Crippen LogP contribution in [0.2, 0.25) is 0 Å². The smallest absolute Gasteiger partial charge is 0.309 e. The van der Waals surface area contributed by atoms with E-state index in [-0.39, 0.29) is 28.4 Å². The Balaban J connectivity index is 2.14. The van der Waals surface area contributed by atoms with Crippen LogP contribution >= 0.6 is 15.9 Å². The fraction of sp³-hybridized carbons (Fsp3) is 0.778. The molecule has 4 atom stereocenters. The molecule has 0 amide bonds. The Morgan fingerprint density at radius 2 is 2.23 bits per heavy atom. The molecule has 0 N–H and O–H groups in total. The molecule has 0 radical (unpaired) electrons. The third-order valence-corrected chi connectivity index (χ3v) is 4.35. The molecule has 0 aromatic heterocycles. The van der Waals surface area contributed by atoms with Crippen molar-refractivity contribution in [3.8, 4) is 0 Å². The minimum absolute atomic E-state index is 0.0154. The van der Waals surface area contributed by atoms with Crippen LogP contribution in [-0.2, 0) is 14.3 Å². The summed E-state index contributed by atoms with van der Waals surface area (Å²) in [6.45, 7) is 0. The third-order valence-electron chi connectivity index (χ3n) is 3.15. The molecule has 72 valence electrons. The summed E-state index contributed by atoms with van der Waals surface area (Å²) >= 11 is 3.36. The average molecular weight is 247 g/mol. The van der Waals surface area contributed by atoms with Gasteiger partial charge in [-0.15, -0.1) is 0 Å². The molecule has 2 rings (SSSR count). The number of alkyl halides is 1. The fourth-order valence-electron chi connectivity index (χ4n) is 2.48. The van der Waals surface area contributed by atoms with Crippen LogP contribution in [0.15, 0.2) is 0 Å². The number of ether oxygens (including phenoxy) is 1. The van der Waals surface area contributed by atoms with Crippen LogP contribution in [0.3, 0.4) is 0 Å². The molecule has 0 saturated heterocycles. The molecular formula is C9H11BrO3. The summed E-state index contributed by atoms with van der Waals surface area (Å²) in [7, 11) is 1.38. The molecule has 0 aliphatic heterocycles. The van der Waals surface area contributed by atoms with Crippen LogP contribution in [0.1, 0.15) is 12.8 Å². The topological polar surface area (TPSA) is 43.4 Å². The average Bonchev–Trinajstić information content (AvgIpc) is 2.67. The van der Waals surface area contributed by atoms with Gasteiger partial charge in [-0.05, 0) is 18.8 Å². The number of carbonyl (C=O) groups is 2. The molecule has 0 aromatic rings. The second-order valence-corrected chi connectivity index (χ2v) is 4.76. The minimum Gasteiger partial charge on any atom is -0.469 e. The highest BCUT2D eigenvalue weighted by Gasteiger charge is 2.53. The summed E-state index contributed by atoms with van der Waals surface area (Å²) in [5, 5.41) is 0. The SMILES string of the molecule is COC(=O)[C@@H]1C[C@H]2C[C@@H]1C(=O)[C@@H]2Br. The number of rotatable bonds is 1. The molecule has 0 aromatic carbocycles. The van der Waals surface area contributed by atoms with Gasteiger partial charge in [0.25, 0.3) is 0 Å². The normalized spacial score (nSPS) is 42.5. The molecular weight excluding hydrogens is 236 g/mol. The van der Waals surface area contributed by atoms with E-state index in [1.807, 2.05) is 0 Å². The molecule has 2 aliphatic carbocycles. The summed E-state index contributed by atoms with van der Waals surface area (Å²) in [5.74, 6) is 0.0617. The monoisotopic (exact) mass is 246 g/mol. The van der Waals surface area contributed by atoms with Gasteiger partial charge in [0.15, 0.2) is 5.78 Å². The molecule has 0 heterocycles. The molecule has 3 nitrogen and oxygen atoms in total. The lowest BCUT2D eigenvalue weighted by Gasteiger charge is -2.21. The molecule has 0 spiro atoms. The van der Waals surface area contributed by atoms with E-state index in [1.54, 1.807) is 0 Å². The van der Waals surface area contributed by atoms with Gasteiger partial charge in [0.2, 0.25) is 0 Å². The van der Waals surface area contributed by atoms with Gasteiger partial charge in [0.05, 0.1) is 17.9 Å². The van der Waals surface area contributed by atoms with Gasteiger partial charge >= 0.3 is 5.97 Å². The number of hydrogen-bond donors (Lipinski definition) is 0. The first-order chi connectivity index (χ1) is 6.15. The zero-order chi connectivity index (χ0) is 9.59. The largest absolute Gasteiger partial charge is 0.469 e. The highest BCUT2D eigenvalue weighted by atomic mass is 79.9. The van der Waals surface area contributed by atoms with Gasteiger partial charge in [-0.3, -0.25) is 9.59 Å². The Labute approximate surface area is 85.0 Å². The van der Waals surface area contributed by atoms with E-state index in [0.29, 0.717) is 5.92 Å². The maximum Gasteiger partial charge on any atom is 0.309 e. The number of halogens is 1. The second kappa shape index (κ2) is 3.08. The number of esters is 1. The van der Waals surface area contributed by atoms with E-state index in [1.165, 1.54) is 7.11 Å². The van der Waals surface area contributed by atoms with Crippen LogP contribution in [0, 0.1) is 17.8 Å². The van der Waals surface area contributed by atoms with E-state index < -0.39 is 0 Å². The molecule has 4 heteroatoms. The van der Waals surface area contributed by atoms with Gasteiger partial charge in [0.1, 0.15) is 0 Å². The molecule has 2 bridgehead atoms. The zero-order valence-electron chi connectivity index (χ0n) is 7.33. The van der Waals surface area contributed by atoms with Crippen molar-refractivity contribution in [3.63, 3.8) is 0 Å². The van der Waals surface area contributed by atoms with Crippen molar-refractivity contribution in [2.45, 2.75) is 17.7 Å². The zero-order valence-corrected chi connectivity index (χ0v) is 8.91. The molecule has 13 heavy (non-hydrogen) atoms. The van der Waals surface area contributed by atoms with Gasteiger partial charge in [-0.1, -0.05) is 15.9 Å². The van der Waals surface area contributed by atoms with Gasteiger partial charge in [-0.25, -0.2) is 0 Å². The Morgan fingerprint density at radius 1 is 1.54 bits per heavy atom. The lowest BCUT2D eigenvalue weighted by molar-refractivity contribution is -0.149. The van der Waals surface area contributed by atoms with Crippen molar-refractivity contribution in [2.24, 2.45) is 17.8 Å². The quantitative estimate of drug-likeness (QED) is 0.515. The summed E-state index contributed by atoms with van der Waals surface area (Å²) in [6, 6.07) is 0. The Morgan fingerprint density at radius 3 is 2.69 bits per heavy atom. The van der Waals surface area contributed by atoms with Gasteiger partial charge < -0.3 is 4.74 Å². The van der Waals surface area contributed by atoms with Gasteiger partial charge in [-0.2, -0.15) is 0 Å². The number of methoxy groups -OCH3 is 1. The van der Waals surface area contributed by atoms with Crippen molar-refractivity contribution in [3.05, 3.63) is 0 Å². The Kier molecular flexibility index (Phi) is 2.18. The number of ketones is 1. The highest BCUT2D eigenvalue weighted by molar-refractivity contribution is 9.10. The first-order valence-electron chi connectivity index (χ1n) is 4.40. The number of Topliss-reactive ketones (excluding diaryl/α,β-unsaturated/α-hetero) is 1. The molecule has 2 saturated carbocycles. The third kappa shape index (κ3) is 1.23. The predicted molar refractivity (Wildman–Crippen MR) is 49.4 cm³/mol. The summed E-state index contributed by atoms with van der Waals surface area (Å²) in [5.41, 5.74) is 0. The molecule has 2 aliphatic rings. The van der Waals surface area contributed by atoms with E-state index >= 15 is 0 Å². The van der Waals surface area contributed by atoms with Crippen LogP contribution in [-0.4, -0.2) is 23.7 Å². The standard InChI is InChI=1S/C9H11BrO3/c1-13-9(12)6-3-4-2-5(6)8(11)7(4)10/h4-7H,2-3H2,1H3/t4-,5+,6-,7-/m1/s1. The van der Waals surface area contributed by atoms with Crippen molar-refractivity contribution in [1.82, 2.24) is 0 Å². The number of hydrogen-bond acceptors (Lipinski definition) is 3. The second-order valence-electron chi connectivity index (χ2n) is 3.77. The van der Waals surface area contributed by atoms with Gasteiger partial charge in [0, 0.05) is 5.92 Å². The molecule has 0 unspecified atom stereocenters. The first kappa shape index (κ1) is 9.19. The summed E-state index contributed by atoms with van der Waals surface area (Å²) in [4.78, 5) is 22.8. The van der Waals surface area contributed by atoms with E-state index in [0.717, 1.165) is 12.8 Å². The maximum absolute atomic E-state index is 11.5. The van der Waals surface area contributed by atoms with Crippen molar-refractivity contribution < 1.29 is 14.3 Å². The summed E-state index contributed by atoms with van der Waals surface area (Å²) < 4.78 is 4.66. The number of carbonyl (C=O) groups excluding carboxylic acids is 2. The van der Waals surface area contributed by atoms with Crippen LogP contribution in [0.5, 0.6) is 0 Å². The fourth-order valence-corrected chi connectivity index (χ4v) is 3.25. The van der Waals surface area contributed by atoms with Crippen LogP contribution in [0.25, 0.3) is 0 Å². The van der Waals surface area contributed by atoms with E-state index in [9.17, 15) is 9.59 Å². The van der Waals surface area contributed by atoms with E-state index in [2.05, 4.69) is 20.7 Å². The molecule has 2 fully saturated rings. The highest BCUT2D eigenvalue weighted by Crippen LogP contribution is 2.49. The predicted octanol–water partition coefficient (Wildman–Crippen LogP) is 1.15. The van der Waals surface area contributed by atoms with Crippen LogP contribution in [0.4, 0.5) is 0 Å². The Hall–Kier alpha value is -0.380. The summed E-state index contributed by atoms with van der Waals surface area (Å²) in [6.07, 6.45) is 1.66. The van der Waals surface area contributed by atoms with E-state index in [4.69, 9.17) is 0 Å². The van der Waals surface area contributed by atoms with Crippen molar-refractivity contribution >= 4 is 27.7 Å². The van der Waals surface area contributed by atoms with Crippen molar-refractivity contribution in [2.75, 3.05) is 7.11 Å². The van der Waals surface area contributed by atoms with Crippen molar-refractivity contribution in [1.29, 1.82) is 0 Å². The maximum atomic E-state index is 11.5. The first-order valence-corrected chi connectivity index (χ1v) is 5.32.